The lowest BCUT2D eigenvalue weighted by Crippen LogP contribution is -2.49. The van der Waals surface area contributed by atoms with E-state index in [2.05, 4.69) is 56.5 Å². The maximum Gasteiger partial charge on any atom is 0 e. The molecule has 2 aliphatic heterocycles. The Balaban J connectivity index is 1.85. The minimum absolute atomic E-state index is 0.620. The van der Waals surface area contributed by atoms with Gasteiger partial charge in [0.1, 0.15) is 0 Å². The molecule has 0 atom stereocenters. The Labute approximate surface area is 69.7 Å². The maximum absolute atomic E-state index is 2.24. The van der Waals surface area contributed by atoms with E-state index in [-0.39, 0.29) is 0 Å². The summed E-state index contributed by atoms with van der Waals surface area (Å²) in [4.78, 5) is 0. The van der Waals surface area contributed by atoms with Crippen molar-refractivity contribution in [3.63, 3.8) is 0 Å². The van der Waals surface area contributed by atoms with E-state index in [9.17, 15) is 0 Å². The molecule has 0 nitrogen and oxygen atoms in total. The van der Waals surface area contributed by atoms with Crippen LogP contribution >= 0.6 is 0 Å². The molecule has 0 aromatic rings. The molecule has 2 fully saturated rings. The number of hydrogen-bond acceptors (Lipinski definition) is 0. The molecule has 2 saturated heterocycles. The molecule has 2 heterocycles. The Morgan fingerprint density at radius 2 is 0.800 bits per heavy atom. The van der Waals surface area contributed by atoms with E-state index in [0.29, 0.717) is 12.8 Å². The summed E-state index contributed by atoms with van der Waals surface area (Å²) in [6.07, 6.45) is 1.24. The molecule has 0 spiro atoms. The summed E-state index contributed by atoms with van der Waals surface area (Å²) in [6.45, 7) is 0. The van der Waals surface area contributed by atoms with Crippen molar-refractivity contribution in [2.75, 3.05) is 0 Å². The van der Waals surface area contributed by atoms with Gasteiger partial charge in [0.25, 0.3) is 0 Å². The summed E-state index contributed by atoms with van der Waals surface area (Å²) in [5, 5.41) is 0. The van der Waals surface area contributed by atoms with Crippen molar-refractivity contribution in [2.45, 2.75) is 0 Å². The fraction of sp³-hybridized carbons (Fsp3) is 0. The average molecular weight is 108 g/mol. The molecule has 0 unspecified atom stereocenters. The lowest BCUT2D eigenvalue weighted by Gasteiger charge is -2.11. The van der Waals surface area contributed by atoms with Gasteiger partial charge in [0.15, 0.2) is 0 Å². The van der Waals surface area contributed by atoms with Crippen molar-refractivity contribution < 1.29 is 0 Å². The summed E-state index contributed by atoms with van der Waals surface area (Å²) in [5.41, 5.74) is 0. The fourth-order valence-corrected chi connectivity index (χ4v) is 1.41. The first-order chi connectivity index (χ1) is 4.97. The molecule has 0 aliphatic carbocycles. The van der Waals surface area contributed by atoms with E-state index in [1.807, 2.05) is 0 Å². The van der Waals surface area contributed by atoms with Gasteiger partial charge in [0, 0.05) is 69.3 Å². The van der Waals surface area contributed by atoms with Crippen LogP contribution in [-0.2, 0) is 0 Å². The first-order valence-electron chi connectivity index (χ1n) is 3.67. The summed E-state index contributed by atoms with van der Waals surface area (Å²) in [5.74, 6) is 0. The highest BCUT2D eigenvalue weighted by Crippen LogP contribution is 1.93. The largest absolute Gasteiger partial charge is 0 e. The highest BCUT2D eigenvalue weighted by Gasteiger charge is 2.31. The highest BCUT2D eigenvalue weighted by molar-refractivity contribution is 8.06. The summed E-state index contributed by atoms with van der Waals surface area (Å²) in [7, 11) is 17.4. The van der Waals surface area contributed by atoms with Gasteiger partial charge in [-0.15, -0.1) is 0 Å². The average Bonchev–Trinajstić information content (AvgIpc) is 2.59. The third-order valence-electron chi connectivity index (χ3n) is 2.00. The topological polar surface area (TPSA) is 0 Å². The quantitative estimate of drug-likeness (QED) is 0.302. The highest BCUT2D eigenvalue weighted by atomic mass is 13.1. The van der Waals surface area contributed by atoms with E-state index in [1.54, 1.807) is 0 Å². The molecule has 0 aromatic carbocycles. The standard InChI is InChI=1S/B10/c1-2-6-9(5-1)10-7-3-4-8-10. The van der Waals surface area contributed by atoms with Crippen molar-refractivity contribution in [3.05, 3.63) is 0 Å². The van der Waals surface area contributed by atoms with E-state index in [1.165, 1.54) is 0 Å². The van der Waals surface area contributed by atoms with Gasteiger partial charge in [-0.05, 0) is 0 Å². The zero-order valence-corrected chi connectivity index (χ0v) is 5.77. The molecule has 2 aliphatic rings. The Bertz CT molecular complexity index is 80.6. The second kappa shape index (κ2) is 3.36. The van der Waals surface area contributed by atoms with Crippen LogP contribution in [0.5, 0.6) is 0 Å². The van der Waals surface area contributed by atoms with Crippen LogP contribution in [0.4, 0.5) is 0 Å². The summed E-state index contributed by atoms with van der Waals surface area (Å²) in [6, 6.07) is 0. The Kier molecular flexibility index (Phi) is 2.46. The van der Waals surface area contributed by atoms with Crippen molar-refractivity contribution in [1.29, 1.82) is 0 Å². The lowest BCUT2D eigenvalue weighted by molar-refractivity contribution is 3.64. The van der Waals surface area contributed by atoms with E-state index >= 15 is 0 Å². The molecule has 0 aromatic heterocycles. The first kappa shape index (κ1) is 7.31. The third-order valence-corrected chi connectivity index (χ3v) is 2.00. The van der Waals surface area contributed by atoms with Gasteiger partial charge in [-0.2, -0.15) is 0 Å². The minimum atomic E-state index is 0.620. The van der Waals surface area contributed by atoms with Crippen LogP contribution in [0, 0.1) is 0 Å². The molecule has 8 radical (unpaired) electrons. The van der Waals surface area contributed by atoms with Crippen molar-refractivity contribution >= 4 is 69.3 Å². The molecular weight excluding hydrogens is 108 g/mol. The second-order valence-corrected chi connectivity index (χ2v) is 2.69. The van der Waals surface area contributed by atoms with Crippen molar-refractivity contribution in [1.82, 2.24) is 0 Å². The van der Waals surface area contributed by atoms with Crippen LogP contribution < -0.4 is 0 Å². The summed E-state index contributed by atoms with van der Waals surface area (Å²) < 4.78 is 0. The van der Waals surface area contributed by atoms with Gasteiger partial charge in [0.05, 0.1) is 0 Å². The first-order valence-corrected chi connectivity index (χ1v) is 3.67. The van der Waals surface area contributed by atoms with Gasteiger partial charge in [0.2, 0.25) is 0 Å². The Morgan fingerprint density at radius 3 is 1.10 bits per heavy atom. The number of hydrogen-bond donors (Lipinski definition) is 0. The molecule has 0 bridgehead atoms. The Hall–Kier alpha value is 0.649. The van der Waals surface area contributed by atoms with Crippen molar-refractivity contribution in [2.24, 2.45) is 0 Å². The summed E-state index contributed by atoms with van der Waals surface area (Å²) >= 11 is 0. The molecule has 30 valence electrons. The molecule has 2 rings (SSSR count). The molecule has 10 heavy (non-hydrogen) atoms. The van der Waals surface area contributed by atoms with Gasteiger partial charge in [-0.25, -0.2) is 0 Å². The van der Waals surface area contributed by atoms with Gasteiger partial charge in [-0.3, -0.25) is 0 Å². The van der Waals surface area contributed by atoms with Crippen LogP contribution in [0.3, 0.4) is 0 Å². The van der Waals surface area contributed by atoms with Crippen LogP contribution in [0.15, 0.2) is 0 Å². The zero-order chi connectivity index (χ0) is 6.81. The number of rotatable bonds is 1. The maximum atomic E-state index is 2.24. The third kappa shape index (κ3) is 1.46. The smallest absolute Gasteiger partial charge is 0 e. The lowest BCUT2D eigenvalue weighted by atomic mass is 8.70. The molecular formula is B10. The van der Waals surface area contributed by atoms with Crippen LogP contribution in [0.25, 0.3) is 0 Å². The predicted molar refractivity (Wildman–Crippen MR) is 57.5 cm³/mol. The zero-order valence-electron chi connectivity index (χ0n) is 5.77. The molecule has 0 amide bonds. The second-order valence-electron chi connectivity index (χ2n) is 2.69. The van der Waals surface area contributed by atoms with Crippen LogP contribution in [0.2, 0.25) is 0 Å². The van der Waals surface area contributed by atoms with E-state index in [0.717, 1.165) is 0 Å². The fourth-order valence-electron chi connectivity index (χ4n) is 1.41. The van der Waals surface area contributed by atoms with Crippen LogP contribution in [-0.4, -0.2) is 69.3 Å². The van der Waals surface area contributed by atoms with Gasteiger partial charge < -0.3 is 0 Å². The molecule has 10 heteroatoms. The van der Waals surface area contributed by atoms with Gasteiger partial charge in [-0.1, -0.05) is 0 Å². The SMILES string of the molecule is [B]1[B][B]B(B2[B][B][B][B]2)[B]1. The van der Waals surface area contributed by atoms with Crippen LogP contribution in [0.1, 0.15) is 0 Å². The normalized spacial score (nSPS) is 20.0. The molecule has 0 saturated carbocycles. The van der Waals surface area contributed by atoms with Gasteiger partial charge >= 0.3 is 0 Å². The van der Waals surface area contributed by atoms with E-state index < -0.39 is 0 Å². The minimum Gasteiger partial charge on any atom is 0 e. The molecule has 0 N–H and O–H groups in total. The Morgan fingerprint density at radius 1 is 0.500 bits per heavy atom. The van der Waals surface area contributed by atoms with Crippen molar-refractivity contribution in [3.8, 4) is 0 Å². The monoisotopic (exact) mass is 110 g/mol. The predicted octanol–water partition coefficient (Wildman–Crippen LogP) is -3.81. The van der Waals surface area contributed by atoms with E-state index in [4.69, 9.17) is 0 Å².